The van der Waals surface area contributed by atoms with E-state index in [0.717, 1.165) is 12.8 Å². The van der Waals surface area contributed by atoms with E-state index in [1.165, 1.54) is 6.20 Å². The first-order valence-corrected chi connectivity index (χ1v) is 5.68. The Labute approximate surface area is 99.7 Å². The molecule has 1 atom stereocenters. The molecule has 2 N–H and O–H groups in total. The molecule has 2 rings (SSSR count). The van der Waals surface area contributed by atoms with E-state index >= 15 is 0 Å². The van der Waals surface area contributed by atoms with Gasteiger partial charge in [-0.3, -0.25) is 9.78 Å². The Morgan fingerprint density at radius 3 is 3.18 bits per heavy atom. The average molecular weight is 236 g/mol. The van der Waals surface area contributed by atoms with Crippen LogP contribution in [0, 0.1) is 0 Å². The lowest BCUT2D eigenvalue weighted by atomic mass is 10.2. The zero-order valence-corrected chi connectivity index (χ0v) is 9.76. The predicted molar refractivity (Wildman–Crippen MR) is 62.7 cm³/mol. The molecular formula is C11H16N4O2. The molecule has 1 aromatic heterocycles. The smallest absolute Gasteiger partial charge is 0.274 e. The molecule has 1 aliphatic rings. The molecule has 0 bridgehead atoms. The molecule has 6 heteroatoms. The third kappa shape index (κ3) is 2.36. The number of aliphatic hydroxyl groups is 1. The predicted octanol–water partition coefficient (Wildman–Crippen LogP) is 0.115. The van der Waals surface area contributed by atoms with Gasteiger partial charge in [-0.25, -0.2) is 4.98 Å². The molecule has 0 saturated carbocycles. The van der Waals surface area contributed by atoms with Gasteiger partial charge >= 0.3 is 0 Å². The van der Waals surface area contributed by atoms with Crippen LogP contribution < -0.4 is 5.32 Å². The summed E-state index contributed by atoms with van der Waals surface area (Å²) >= 11 is 0. The maximum atomic E-state index is 12.2. The molecule has 0 aliphatic carbocycles. The molecule has 6 nitrogen and oxygen atoms in total. The molecule has 0 radical (unpaired) electrons. The summed E-state index contributed by atoms with van der Waals surface area (Å²) in [5.41, 5.74) is 0.317. The molecule has 92 valence electrons. The highest BCUT2D eigenvalue weighted by Gasteiger charge is 2.29. The highest BCUT2D eigenvalue weighted by Crippen LogP contribution is 2.19. The SMILES string of the molecule is CNc1cncc(C(=O)N2CCCC2CO)n1. The lowest BCUT2D eigenvalue weighted by Crippen LogP contribution is -2.38. The van der Waals surface area contributed by atoms with Gasteiger partial charge in [0.2, 0.25) is 0 Å². The van der Waals surface area contributed by atoms with Crippen LogP contribution in [0.15, 0.2) is 12.4 Å². The highest BCUT2D eigenvalue weighted by atomic mass is 16.3. The van der Waals surface area contributed by atoms with Crippen LogP contribution in [0.1, 0.15) is 23.3 Å². The quantitative estimate of drug-likeness (QED) is 0.779. The Morgan fingerprint density at radius 1 is 1.65 bits per heavy atom. The second kappa shape index (κ2) is 5.09. The van der Waals surface area contributed by atoms with Crippen molar-refractivity contribution in [1.29, 1.82) is 0 Å². The molecule has 2 heterocycles. The lowest BCUT2D eigenvalue weighted by molar-refractivity contribution is 0.0671. The molecule has 1 unspecified atom stereocenters. The molecule has 17 heavy (non-hydrogen) atoms. The Bertz CT molecular complexity index is 410. The number of hydrogen-bond acceptors (Lipinski definition) is 5. The fourth-order valence-corrected chi connectivity index (χ4v) is 2.03. The van der Waals surface area contributed by atoms with Crippen LogP contribution in [-0.4, -0.2) is 52.1 Å². The van der Waals surface area contributed by atoms with Crippen LogP contribution in [-0.2, 0) is 0 Å². The molecule has 1 aromatic rings. The van der Waals surface area contributed by atoms with Gasteiger partial charge in [0, 0.05) is 13.6 Å². The van der Waals surface area contributed by atoms with Crippen molar-refractivity contribution in [2.45, 2.75) is 18.9 Å². The van der Waals surface area contributed by atoms with Gasteiger partial charge in [0.15, 0.2) is 0 Å². The average Bonchev–Trinajstić information content (AvgIpc) is 2.86. The van der Waals surface area contributed by atoms with Crippen LogP contribution in [0.4, 0.5) is 5.82 Å². The minimum atomic E-state index is -0.161. The summed E-state index contributed by atoms with van der Waals surface area (Å²) in [6.07, 6.45) is 4.79. The molecule has 1 fully saturated rings. The van der Waals surface area contributed by atoms with Gasteiger partial charge in [-0.05, 0) is 12.8 Å². The Morgan fingerprint density at radius 2 is 2.47 bits per heavy atom. The summed E-state index contributed by atoms with van der Waals surface area (Å²) < 4.78 is 0. The minimum absolute atomic E-state index is 0.00485. The van der Waals surface area contributed by atoms with Crippen LogP contribution in [0.2, 0.25) is 0 Å². The van der Waals surface area contributed by atoms with Crippen molar-refractivity contribution in [1.82, 2.24) is 14.9 Å². The summed E-state index contributed by atoms with van der Waals surface area (Å²) in [6, 6.07) is -0.0810. The fourth-order valence-electron chi connectivity index (χ4n) is 2.03. The number of nitrogens with one attached hydrogen (secondary N) is 1. The van der Waals surface area contributed by atoms with Crippen molar-refractivity contribution in [3.63, 3.8) is 0 Å². The van der Waals surface area contributed by atoms with E-state index in [1.807, 2.05) is 0 Å². The maximum Gasteiger partial charge on any atom is 0.274 e. The number of nitrogens with zero attached hydrogens (tertiary/aromatic N) is 3. The standard InChI is InChI=1S/C11H16N4O2/c1-12-10-6-13-5-9(14-10)11(17)15-4-2-3-8(15)7-16/h5-6,8,16H,2-4,7H2,1H3,(H,12,14). The summed E-state index contributed by atoms with van der Waals surface area (Å²) in [5, 5.41) is 12.0. The lowest BCUT2D eigenvalue weighted by Gasteiger charge is -2.22. The molecule has 1 aliphatic heterocycles. The topological polar surface area (TPSA) is 78.4 Å². The van der Waals surface area contributed by atoms with Crippen molar-refractivity contribution in [3.8, 4) is 0 Å². The van der Waals surface area contributed by atoms with Crippen LogP contribution in [0.25, 0.3) is 0 Å². The van der Waals surface area contributed by atoms with Crippen LogP contribution in [0.5, 0.6) is 0 Å². The van der Waals surface area contributed by atoms with Gasteiger partial charge < -0.3 is 15.3 Å². The molecular weight excluding hydrogens is 220 g/mol. The van der Waals surface area contributed by atoms with E-state index < -0.39 is 0 Å². The summed E-state index contributed by atoms with van der Waals surface area (Å²) in [6.45, 7) is 0.681. The monoisotopic (exact) mass is 236 g/mol. The van der Waals surface area contributed by atoms with Crippen LogP contribution >= 0.6 is 0 Å². The first kappa shape index (κ1) is 11.8. The Balaban J connectivity index is 2.18. The number of aromatic nitrogens is 2. The van der Waals surface area contributed by atoms with Gasteiger partial charge in [-0.1, -0.05) is 0 Å². The highest BCUT2D eigenvalue weighted by molar-refractivity contribution is 5.92. The van der Waals surface area contributed by atoms with Gasteiger partial charge in [0.25, 0.3) is 5.91 Å². The van der Waals surface area contributed by atoms with Gasteiger partial charge in [-0.15, -0.1) is 0 Å². The van der Waals surface area contributed by atoms with Crippen molar-refractivity contribution in [2.24, 2.45) is 0 Å². The second-order valence-electron chi connectivity index (χ2n) is 4.02. The van der Waals surface area contributed by atoms with E-state index in [1.54, 1.807) is 18.1 Å². The second-order valence-corrected chi connectivity index (χ2v) is 4.02. The van der Waals surface area contributed by atoms with E-state index in [0.29, 0.717) is 18.1 Å². The van der Waals surface area contributed by atoms with Crippen molar-refractivity contribution >= 4 is 11.7 Å². The number of hydrogen-bond donors (Lipinski definition) is 2. The third-order valence-electron chi connectivity index (χ3n) is 2.96. The van der Waals surface area contributed by atoms with Gasteiger partial charge in [0.1, 0.15) is 11.5 Å². The Hall–Kier alpha value is -1.69. The fraction of sp³-hybridized carbons (Fsp3) is 0.545. The first-order valence-electron chi connectivity index (χ1n) is 5.68. The summed E-state index contributed by atoms with van der Waals surface area (Å²) in [4.78, 5) is 22.0. The normalized spacial score (nSPS) is 19.4. The molecule has 0 aromatic carbocycles. The minimum Gasteiger partial charge on any atom is -0.394 e. The Kier molecular flexibility index (Phi) is 3.53. The van der Waals surface area contributed by atoms with Gasteiger partial charge in [-0.2, -0.15) is 0 Å². The number of aliphatic hydroxyl groups excluding tert-OH is 1. The third-order valence-corrected chi connectivity index (χ3v) is 2.96. The van der Waals surface area contributed by atoms with E-state index in [4.69, 9.17) is 0 Å². The molecule has 1 amide bonds. The number of likely N-dealkylation sites (tertiary alicyclic amines) is 1. The number of anilines is 1. The zero-order chi connectivity index (χ0) is 12.3. The molecule has 0 spiro atoms. The van der Waals surface area contributed by atoms with Crippen molar-refractivity contribution < 1.29 is 9.90 Å². The van der Waals surface area contributed by atoms with Crippen molar-refractivity contribution in [3.05, 3.63) is 18.1 Å². The van der Waals surface area contributed by atoms with E-state index in [-0.39, 0.29) is 18.6 Å². The maximum absolute atomic E-state index is 12.2. The van der Waals surface area contributed by atoms with E-state index in [9.17, 15) is 9.90 Å². The number of carbonyl (C=O) groups is 1. The first-order chi connectivity index (χ1) is 8.26. The molecule has 1 saturated heterocycles. The van der Waals surface area contributed by atoms with E-state index in [2.05, 4.69) is 15.3 Å². The largest absolute Gasteiger partial charge is 0.394 e. The number of amides is 1. The van der Waals surface area contributed by atoms with Crippen LogP contribution in [0.3, 0.4) is 0 Å². The summed E-state index contributed by atoms with van der Waals surface area (Å²) in [7, 11) is 1.73. The summed E-state index contributed by atoms with van der Waals surface area (Å²) in [5.74, 6) is 0.404. The van der Waals surface area contributed by atoms with Gasteiger partial charge in [0.05, 0.1) is 25.0 Å². The number of rotatable bonds is 3. The van der Waals surface area contributed by atoms with Crippen molar-refractivity contribution in [2.75, 3.05) is 25.5 Å². The number of carbonyl (C=O) groups excluding carboxylic acids is 1. The zero-order valence-electron chi connectivity index (χ0n) is 9.76.